The fraction of sp³-hybridized carbons (Fsp3) is 0.889. The summed E-state index contributed by atoms with van der Waals surface area (Å²) in [5.41, 5.74) is -4.92. The molecule has 6 N–H and O–H groups in total. The molecule has 0 saturated carbocycles. The molecule has 0 aromatic heterocycles. The minimum absolute atomic E-state index is 0.0760. The molecule has 0 radical (unpaired) electrons. The molecule has 0 spiro atoms. The Bertz CT molecular complexity index is 1580. The second-order valence-electron chi connectivity index (χ2n) is 19.1. The van der Waals surface area contributed by atoms with Crippen molar-refractivity contribution in [3.05, 3.63) is 0 Å². The van der Waals surface area contributed by atoms with Crippen molar-refractivity contribution in [3.63, 3.8) is 0 Å². The van der Waals surface area contributed by atoms with Crippen molar-refractivity contribution in [3.8, 4) is 0 Å². The Morgan fingerprint density at radius 3 is 2.00 bits per heavy atom. The van der Waals surface area contributed by atoms with Gasteiger partial charge in [-0.05, 0) is 74.9 Å². The van der Waals surface area contributed by atoms with Crippen LogP contribution in [0.25, 0.3) is 0 Å². The number of thiol groups is 1. The number of Topliss-reactive ketones (excluding diaryl/α,β-unsaturated/α-hetero) is 1. The zero-order valence-electron chi connectivity index (χ0n) is 41.0. The number of ketones is 1. The summed E-state index contributed by atoms with van der Waals surface area (Å²) < 4.78 is 43.6. The van der Waals surface area contributed by atoms with Crippen LogP contribution in [0.3, 0.4) is 0 Å². The molecule has 378 valence electrons. The molecule has 20 heteroatoms. The lowest BCUT2D eigenvalue weighted by Gasteiger charge is -2.49. The van der Waals surface area contributed by atoms with Crippen LogP contribution in [-0.2, 0) is 57.1 Å². The largest absolute Gasteiger partial charge is 0.480 e. The number of methoxy groups -OCH3 is 1. The first-order valence-corrected chi connectivity index (χ1v) is 23.3. The molecule has 3 fully saturated rings. The summed E-state index contributed by atoms with van der Waals surface area (Å²) in [5.74, 6) is -6.91. The minimum atomic E-state index is -2.01. The minimum Gasteiger partial charge on any atom is -0.480 e. The van der Waals surface area contributed by atoms with Gasteiger partial charge in [-0.1, -0.05) is 34.6 Å². The van der Waals surface area contributed by atoms with Gasteiger partial charge in [-0.25, -0.2) is 4.79 Å². The van der Waals surface area contributed by atoms with Gasteiger partial charge >= 0.3 is 17.9 Å². The molecule has 3 rings (SSSR count). The summed E-state index contributed by atoms with van der Waals surface area (Å²) in [7, 11) is 5.21. The highest BCUT2D eigenvalue weighted by Gasteiger charge is 2.54. The summed E-state index contributed by atoms with van der Waals surface area (Å²) in [4.78, 5) is 63.4. The number of aliphatic hydroxyl groups excluding tert-OH is 2. The number of likely N-dealkylation sites (N-methyl/N-ethyl adjacent to an activating group) is 1. The van der Waals surface area contributed by atoms with E-state index in [1.807, 2.05) is 25.9 Å². The SMILES string of the molecule is CC(=O)N[C@@H](CS)C(=O)O.CCC(=O)O[C@H]1[C@H](O[C@@H]2[C@H](C)[C@H](O[C@H]3C[C@@](C)(OC)[C@@H](O)[C@H](C)O3)[C@@H](C)C(=O)O[C@H](CC)[C@@](C)(O)[C@@H](O)[C@@H](C)C(=O)[C@H](C)C[C@@]2(C)O)O[C@H](C)C[C@@H]1N(C)C. The number of cyclic esters (lactones) is 1. The van der Waals surface area contributed by atoms with Crippen LogP contribution in [0.4, 0.5) is 0 Å². The van der Waals surface area contributed by atoms with Crippen LogP contribution in [0.15, 0.2) is 0 Å². The van der Waals surface area contributed by atoms with Gasteiger partial charge in [0.1, 0.15) is 29.6 Å². The van der Waals surface area contributed by atoms with Gasteiger partial charge in [0.25, 0.3) is 0 Å². The van der Waals surface area contributed by atoms with Gasteiger partial charge in [0, 0.05) is 50.4 Å². The highest BCUT2D eigenvalue weighted by atomic mass is 32.1. The highest BCUT2D eigenvalue weighted by molar-refractivity contribution is 7.80. The van der Waals surface area contributed by atoms with Crippen molar-refractivity contribution in [1.29, 1.82) is 0 Å². The molecule has 19 atom stereocenters. The standard InChI is InChI=1S/C40H71NO14.C5H9NO3S/c1-15-27-40(11,48)33(44)22(5)30(43)20(3)18-38(9,47)35(55-37-32(53-28(42)16-2)26(41(12)13)17-21(4)50-37)23(6)31(24(7)36(46)52-27)54-29-19-39(10,49-14)34(45)25(8)51-29;1-3(7)6-4(2-10)5(8)9/h20-27,29,31-35,37,44-45,47-48H,15-19H2,1-14H3;4,10H,2H2,1H3,(H,6,7)(H,8,9)/t20-,21-,22+,23-,24-,25+,26+,27-,29+,31+,32-,33+,34+,35-,37+,38-,39-,40-;4-/m10/s1. The van der Waals surface area contributed by atoms with Crippen molar-refractivity contribution in [1.82, 2.24) is 10.2 Å². The van der Waals surface area contributed by atoms with E-state index >= 15 is 0 Å². The van der Waals surface area contributed by atoms with Crippen LogP contribution in [-0.4, -0.2) is 177 Å². The average molecular weight is 953 g/mol. The van der Waals surface area contributed by atoms with Gasteiger partial charge in [-0.15, -0.1) is 0 Å². The Hall–Kier alpha value is -2.50. The number of aliphatic hydroxyl groups is 4. The molecular formula is C45H80N2O17S. The number of aliphatic carboxylic acids is 1. The summed E-state index contributed by atoms with van der Waals surface area (Å²) in [6, 6.07) is -1.19. The van der Waals surface area contributed by atoms with Crippen LogP contribution >= 0.6 is 12.6 Å². The molecule has 3 heterocycles. The number of carboxylic acid groups (broad SMARTS) is 1. The third-order valence-electron chi connectivity index (χ3n) is 13.2. The molecule has 1 amide bonds. The number of carboxylic acids is 1. The van der Waals surface area contributed by atoms with E-state index in [4.69, 9.17) is 38.3 Å². The van der Waals surface area contributed by atoms with Crippen molar-refractivity contribution in [2.75, 3.05) is 27.0 Å². The van der Waals surface area contributed by atoms with E-state index in [1.165, 1.54) is 34.8 Å². The molecule has 3 saturated heterocycles. The van der Waals surface area contributed by atoms with Gasteiger partial charge < -0.3 is 68.9 Å². The Balaban J connectivity index is 0.00000129. The number of hydrogen-bond donors (Lipinski definition) is 7. The number of carbonyl (C=O) groups excluding carboxylic acids is 4. The monoisotopic (exact) mass is 953 g/mol. The molecule has 0 aliphatic carbocycles. The molecule has 65 heavy (non-hydrogen) atoms. The fourth-order valence-corrected chi connectivity index (χ4v) is 9.43. The molecule has 3 aliphatic heterocycles. The molecule has 0 unspecified atom stereocenters. The predicted molar refractivity (Wildman–Crippen MR) is 240 cm³/mol. The number of esters is 2. The summed E-state index contributed by atoms with van der Waals surface area (Å²) in [5, 5.41) is 57.1. The zero-order valence-corrected chi connectivity index (χ0v) is 41.9. The molecule has 3 aliphatic rings. The van der Waals surface area contributed by atoms with Crippen LogP contribution in [0, 0.1) is 23.7 Å². The smallest absolute Gasteiger partial charge is 0.327 e. The van der Waals surface area contributed by atoms with Gasteiger partial charge in [0.15, 0.2) is 18.7 Å². The number of ether oxygens (including phenoxy) is 7. The number of nitrogens with one attached hydrogen (secondary N) is 1. The van der Waals surface area contributed by atoms with E-state index in [0.29, 0.717) is 6.42 Å². The van der Waals surface area contributed by atoms with Gasteiger partial charge in [-0.3, -0.25) is 19.2 Å². The number of nitrogens with zero attached hydrogens (tertiary/aromatic N) is 1. The molecule has 0 aromatic carbocycles. The average Bonchev–Trinajstić information content (AvgIpc) is 3.23. The van der Waals surface area contributed by atoms with Crippen molar-refractivity contribution in [2.45, 2.75) is 205 Å². The zero-order chi connectivity index (χ0) is 50.1. The van der Waals surface area contributed by atoms with Crippen molar-refractivity contribution >= 4 is 42.2 Å². The normalized spacial score (nSPS) is 41.5. The van der Waals surface area contributed by atoms with E-state index < -0.39 is 126 Å². The first-order valence-electron chi connectivity index (χ1n) is 22.6. The number of carbonyl (C=O) groups is 5. The van der Waals surface area contributed by atoms with Crippen molar-refractivity contribution < 1.29 is 82.7 Å². The summed E-state index contributed by atoms with van der Waals surface area (Å²) in [6.45, 7) is 19.3. The third kappa shape index (κ3) is 15.0. The van der Waals surface area contributed by atoms with Gasteiger partial charge in [0.2, 0.25) is 5.91 Å². The van der Waals surface area contributed by atoms with Crippen molar-refractivity contribution in [2.24, 2.45) is 23.7 Å². The van der Waals surface area contributed by atoms with Crippen LogP contribution < -0.4 is 5.32 Å². The molecule has 19 nitrogen and oxygen atoms in total. The summed E-state index contributed by atoms with van der Waals surface area (Å²) >= 11 is 3.73. The first-order chi connectivity index (χ1) is 29.9. The Morgan fingerprint density at radius 2 is 1.52 bits per heavy atom. The highest BCUT2D eigenvalue weighted by Crippen LogP contribution is 2.41. The van der Waals surface area contributed by atoms with Gasteiger partial charge in [-0.2, -0.15) is 12.6 Å². The second-order valence-corrected chi connectivity index (χ2v) is 19.4. The number of hydrogen-bond acceptors (Lipinski definition) is 18. The van der Waals surface area contributed by atoms with Crippen LogP contribution in [0.1, 0.15) is 115 Å². The Kier molecular flexibility index (Phi) is 22.3. The molecule has 0 bridgehead atoms. The lowest BCUT2D eigenvalue weighted by Crippen LogP contribution is -2.61. The quantitative estimate of drug-likeness (QED) is 0.109. The Labute approximate surface area is 390 Å². The van der Waals surface area contributed by atoms with E-state index in [-0.39, 0.29) is 49.5 Å². The van der Waals surface area contributed by atoms with E-state index in [2.05, 4.69) is 17.9 Å². The number of rotatable bonds is 12. The molecular weight excluding hydrogens is 873 g/mol. The Morgan fingerprint density at radius 1 is 0.923 bits per heavy atom. The maximum atomic E-state index is 14.2. The predicted octanol–water partition coefficient (Wildman–Crippen LogP) is 2.25. The maximum Gasteiger partial charge on any atom is 0.327 e. The topological polar surface area (TPSA) is 266 Å². The van der Waals surface area contributed by atoms with E-state index in [1.54, 1.807) is 48.5 Å². The van der Waals surface area contributed by atoms with E-state index in [9.17, 15) is 44.4 Å². The number of amides is 1. The maximum absolute atomic E-state index is 14.2. The summed E-state index contributed by atoms with van der Waals surface area (Å²) in [6.07, 6.45) is -9.68. The van der Waals surface area contributed by atoms with E-state index in [0.717, 1.165) is 0 Å². The van der Waals surface area contributed by atoms with Gasteiger partial charge in [0.05, 0.1) is 53.7 Å². The lowest BCUT2D eigenvalue weighted by atomic mass is 9.74. The molecule has 0 aromatic rings. The fourth-order valence-electron chi connectivity index (χ4n) is 9.19. The second kappa shape index (κ2) is 24.7. The van der Waals surface area contributed by atoms with Crippen LogP contribution in [0.2, 0.25) is 0 Å². The van der Waals surface area contributed by atoms with Crippen LogP contribution in [0.5, 0.6) is 0 Å². The third-order valence-corrected chi connectivity index (χ3v) is 13.6. The first kappa shape index (κ1) is 58.6. The lowest BCUT2D eigenvalue weighted by molar-refractivity contribution is -0.319.